The highest BCUT2D eigenvalue weighted by atomic mass is 79.9. The number of halogens is 1. The number of carbonyl (C=O) groups excluding carboxylic acids is 1. The van der Waals surface area contributed by atoms with E-state index in [1.807, 2.05) is 6.92 Å². The van der Waals surface area contributed by atoms with Crippen molar-refractivity contribution >= 4 is 54.0 Å². The molecule has 0 saturated carbocycles. The zero-order valence-electron chi connectivity index (χ0n) is 14.0. The summed E-state index contributed by atoms with van der Waals surface area (Å²) < 4.78 is 8.79. The molecule has 2 aromatic heterocycles. The number of esters is 1. The number of thiophene rings is 2. The molecule has 0 aromatic carbocycles. The van der Waals surface area contributed by atoms with Crippen LogP contribution in [0.15, 0.2) is 9.85 Å². The molecule has 0 atom stereocenters. The largest absolute Gasteiger partial charge is 0.462 e. The number of carbonyl (C=O) groups is 1. The van der Waals surface area contributed by atoms with E-state index in [1.54, 1.807) is 22.7 Å². The number of hydrogen-bond donors (Lipinski definition) is 0. The van der Waals surface area contributed by atoms with Crippen LogP contribution in [0.4, 0.5) is 0 Å². The SMILES string of the molecule is CCCCCCCCCc1c(C(=O)OCC)sc2c(Br)csc12. The van der Waals surface area contributed by atoms with Gasteiger partial charge in [0, 0.05) is 9.85 Å². The minimum absolute atomic E-state index is 0.161. The molecule has 0 N–H and O–H groups in total. The maximum absolute atomic E-state index is 12.2. The highest BCUT2D eigenvalue weighted by Gasteiger charge is 2.21. The van der Waals surface area contributed by atoms with Crippen LogP contribution >= 0.6 is 38.6 Å². The van der Waals surface area contributed by atoms with Gasteiger partial charge in [-0.2, -0.15) is 0 Å². The van der Waals surface area contributed by atoms with Gasteiger partial charge in [-0.1, -0.05) is 45.4 Å². The van der Waals surface area contributed by atoms with Gasteiger partial charge in [-0.3, -0.25) is 0 Å². The summed E-state index contributed by atoms with van der Waals surface area (Å²) in [7, 11) is 0. The summed E-state index contributed by atoms with van der Waals surface area (Å²) >= 11 is 6.88. The van der Waals surface area contributed by atoms with Crippen LogP contribution < -0.4 is 0 Å². The van der Waals surface area contributed by atoms with Gasteiger partial charge in [0.25, 0.3) is 0 Å². The van der Waals surface area contributed by atoms with Crippen LogP contribution in [0.5, 0.6) is 0 Å². The number of aryl methyl sites for hydroxylation is 1. The van der Waals surface area contributed by atoms with E-state index in [0.29, 0.717) is 6.61 Å². The Labute approximate surface area is 155 Å². The van der Waals surface area contributed by atoms with Crippen molar-refractivity contribution in [2.75, 3.05) is 6.61 Å². The number of ether oxygens (including phenoxy) is 1. The molecule has 2 nitrogen and oxygen atoms in total. The van der Waals surface area contributed by atoms with Gasteiger partial charge in [0.2, 0.25) is 0 Å². The molecule has 23 heavy (non-hydrogen) atoms. The third kappa shape index (κ3) is 5.04. The minimum Gasteiger partial charge on any atom is -0.462 e. The molecule has 0 aliphatic heterocycles. The molecular formula is C18H25BrO2S2. The summed E-state index contributed by atoms with van der Waals surface area (Å²) in [6.07, 6.45) is 10.0. The van der Waals surface area contributed by atoms with Gasteiger partial charge in [-0.05, 0) is 41.3 Å². The van der Waals surface area contributed by atoms with Crippen molar-refractivity contribution in [2.45, 2.75) is 65.2 Å². The topological polar surface area (TPSA) is 26.3 Å². The lowest BCUT2D eigenvalue weighted by Crippen LogP contribution is -2.05. The maximum atomic E-state index is 12.2. The van der Waals surface area contributed by atoms with E-state index in [4.69, 9.17) is 4.74 Å². The second kappa shape index (κ2) is 9.80. The Morgan fingerprint density at radius 3 is 2.48 bits per heavy atom. The molecule has 0 aliphatic carbocycles. The van der Waals surface area contributed by atoms with Crippen molar-refractivity contribution < 1.29 is 9.53 Å². The first kappa shape index (κ1) is 18.9. The van der Waals surface area contributed by atoms with Crippen molar-refractivity contribution in [1.29, 1.82) is 0 Å². The van der Waals surface area contributed by atoms with E-state index in [0.717, 1.165) is 22.2 Å². The zero-order chi connectivity index (χ0) is 16.7. The molecule has 0 saturated heterocycles. The second-order valence-corrected chi connectivity index (χ2v) is 8.50. The van der Waals surface area contributed by atoms with Gasteiger partial charge in [-0.15, -0.1) is 22.7 Å². The number of unbranched alkanes of at least 4 members (excludes halogenated alkanes) is 6. The summed E-state index contributed by atoms with van der Waals surface area (Å²) in [5.41, 5.74) is 1.20. The Morgan fingerprint density at radius 1 is 1.09 bits per heavy atom. The lowest BCUT2D eigenvalue weighted by Gasteiger charge is -2.05. The molecular weight excluding hydrogens is 392 g/mol. The summed E-state index contributed by atoms with van der Waals surface area (Å²) in [5.74, 6) is -0.161. The van der Waals surface area contributed by atoms with E-state index in [9.17, 15) is 4.79 Å². The van der Waals surface area contributed by atoms with Crippen molar-refractivity contribution in [1.82, 2.24) is 0 Å². The van der Waals surface area contributed by atoms with Crippen LogP contribution in [0.2, 0.25) is 0 Å². The van der Waals surface area contributed by atoms with Crippen molar-refractivity contribution in [3.05, 3.63) is 20.3 Å². The number of hydrogen-bond acceptors (Lipinski definition) is 4. The fraction of sp³-hybridized carbons (Fsp3) is 0.611. The van der Waals surface area contributed by atoms with E-state index in [1.165, 1.54) is 53.5 Å². The third-order valence-corrected chi connectivity index (χ3v) is 7.55. The molecule has 0 spiro atoms. The molecule has 2 aromatic rings. The first-order chi connectivity index (χ1) is 11.2. The molecule has 2 heterocycles. The van der Waals surface area contributed by atoms with Gasteiger partial charge in [0.15, 0.2) is 0 Å². The van der Waals surface area contributed by atoms with Crippen molar-refractivity contribution in [3.63, 3.8) is 0 Å². The van der Waals surface area contributed by atoms with E-state index in [-0.39, 0.29) is 5.97 Å². The Hall–Kier alpha value is -0.390. The Bertz CT molecular complexity index is 630. The highest BCUT2D eigenvalue weighted by molar-refractivity contribution is 9.10. The smallest absolute Gasteiger partial charge is 0.348 e. The van der Waals surface area contributed by atoms with Gasteiger partial charge in [0.05, 0.1) is 16.0 Å². The van der Waals surface area contributed by atoms with E-state index >= 15 is 0 Å². The zero-order valence-corrected chi connectivity index (χ0v) is 17.2. The van der Waals surface area contributed by atoms with Crippen molar-refractivity contribution in [3.8, 4) is 0 Å². The van der Waals surface area contributed by atoms with Crippen LogP contribution in [0, 0.1) is 0 Å². The third-order valence-electron chi connectivity index (χ3n) is 3.95. The standard InChI is InChI=1S/C18H25BrO2S2/c1-3-5-6-7-8-9-10-11-13-15-17(14(19)12-22-15)23-16(13)18(20)21-4-2/h12H,3-11H2,1-2H3. The van der Waals surface area contributed by atoms with Crippen LogP contribution in [-0.4, -0.2) is 12.6 Å². The summed E-state index contributed by atoms with van der Waals surface area (Å²) in [6, 6.07) is 0. The lowest BCUT2D eigenvalue weighted by molar-refractivity contribution is 0.0531. The Kier molecular flexibility index (Phi) is 8.07. The predicted octanol–water partition coefficient (Wildman–Crippen LogP) is 7.20. The van der Waals surface area contributed by atoms with Crippen molar-refractivity contribution in [2.24, 2.45) is 0 Å². The average molecular weight is 417 g/mol. The van der Waals surface area contributed by atoms with E-state index in [2.05, 4.69) is 28.2 Å². The molecule has 0 fully saturated rings. The summed E-state index contributed by atoms with van der Waals surface area (Å²) in [4.78, 5) is 13.0. The molecule has 5 heteroatoms. The first-order valence-corrected chi connectivity index (χ1v) is 11.0. The molecule has 128 valence electrons. The minimum atomic E-state index is -0.161. The first-order valence-electron chi connectivity index (χ1n) is 8.54. The quantitative estimate of drug-likeness (QED) is 0.302. The molecule has 0 aliphatic rings. The Morgan fingerprint density at radius 2 is 1.78 bits per heavy atom. The van der Waals surface area contributed by atoms with Crippen LogP contribution in [0.25, 0.3) is 9.40 Å². The van der Waals surface area contributed by atoms with Gasteiger partial charge >= 0.3 is 5.97 Å². The lowest BCUT2D eigenvalue weighted by atomic mass is 10.0. The van der Waals surface area contributed by atoms with Gasteiger partial charge in [0.1, 0.15) is 4.88 Å². The molecule has 2 rings (SSSR count). The van der Waals surface area contributed by atoms with E-state index < -0.39 is 0 Å². The van der Waals surface area contributed by atoms with Crippen LogP contribution in [-0.2, 0) is 11.2 Å². The molecule has 0 bridgehead atoms. The number of fused-ring (bicyclic) bond motifs is 1. The Balaban J connectivity index is 1.99. The fourth-order valence-corrected chi connectivity index (χ4v) is 5.95. The molecule has 0 amide bonds. The maximum Gasteiger partial charge on any atom is 0.348 e. The van der Waals surface area contributed by atoms with Crippen LogP contribution in [0.1, 0.15) is 74.0 Å². The summed E-state index contributed by atoms with van der Waals surface area (Å²) in [5, 5.41) is 2.12. The van der Waals surface area contributed by atoms with Crippen LogP contribution in [0.3, 0.4) is 0 Å². The second-order valence-electron chi connectivity index (χ2n) is 5.74. The predicted molar refractivity (Wildman–Crippen MR) is 105 cm³/mol. The molecule has 0 unspecified atom stereocenters. The normalized spacial score (nSPS) is 11.3. The monoisotopic (exact) mass is 416 g/mol. The highest BCUT2D eigenvalue weighted by Crippen LogP contribution is 2.41. The van der Waals surface area contributed by atoms with Gasteiger partial charge in [-0.25, -0.2) is 4.79 Å². The fourth-order valence-electron chi connectivity index (χ4n) is 2.74. The van der Waals surface area contributed by atoms with Gasteiger partial charge < -0.3 is 4.74 Å². The summed E-state index contributed by atoms with van der Waals surface area (Å²) in [6.45, 7) is 4.54. The molecule has 0 radical (unpaired) electrons. The number of rotatable bonds is 10. The average Bonchev–Trinajstić information content (AvgIpc) is 3.07.